The molecule has 0 bridgehead atoms. The molecule has 0 atom stereocenters. The number of benzene rings is 3. The first-order chi connectivity index (χ1) is 19.3. The lowest BCUT2D eigenvalue weighted by molar-refractivity contribution is -0.112. The molecule has 6 rings (SSSR count). The van der Waals surface area contributed by atoms with Crippen LogP contribution in [0.4, 0.5) is 5.69 Å². The van der Waals surface area contributed by atoms with E-state index in [-0.39, 0.29) is 10.8 Å². The highest BCUT2D eigenvalue weighted by atomic mass is 32.2. The van der Waals surface area contributed by atoms with Gasteiger partial charge in [-0.15, -0.1) is 0 Å². The van der Waals surface area contributed by atoms with Gasteiger partial charge in [-0.05, 0) is 49.4 Å². The van der Waals surface area contributed by atoms with Crippen molar-refractivity contribution in [1.82, 2.24) is 8.87 Å². The van der Waals surface area contributed by atoms with Gasteiger partial charge in [0.15, 0.2) is 0 Å². The van der Waals surface area contributed by atoms with Crippen LogP contribution in [0, 0.1) is 6.92 Å². The van der Waals surface area contributed by atoms with Gasteiger partial charge in [0, 0.05) is 53.9 Å². The predicted octanol–water partition coefficient (Wildman–Crippen LogP) is 4.57. The van der Waals surface area contributed by atoms with Crippen molar-refractivity contribution in [2.24, 2.45) is 0 Å². The zero-order valence-corrected chi connectivity index (χ0v) is 23.4. The number of sulfonamides is 1. The summed E-state index contributed by atoms with van der Waals surface area (Å²) >= 11 is 0. The number of fused-ring (bicyclic) bond motifs is 2. The highest BCUT2D eigenvalue weighted by molar-refractivity contribution is 7.89. The van der Waals surface area contributed by atoms with Crippen molar-refractivity contribution in [2.45, 2.75) is 18.4 Å². The van der Waals surface area contributed by atoms with E-state index in [1.165, 1.54) is 9.87 Å². The number of carbonyl (C=O) groups excluding carboxylic acids is 1. The average molecular weight is 558 g/mol. The fourth-order valence-electron chi connectivity index (χ4n) is 5.29. The molecule has 8 nitrogen and oxygen atoms in total. The quantitative estimate of drug-likeness (QED) is 0.311. The Morgan fingerprint density at radius 1 is 1.00 bits per heavy atom. The fraction of sp³-hybridized carbons (Fsp3) is 0.258. The summed E-state index contributed by atoms with van der Waals surface area (Å²) in [6.45, 7) is 4.53. The molecule has 2 aliphatic rings. The molecule has 0 unspecified atom stereocenters. The second-order valence-corrected chi connectivity index (χ2v) is 12.0. The third-order valence-electron chi connectivity index (χ3n) is 7.50. The smallest absolute Gasteiger partial charge is 0.258 e. The molecule has 9 heteroatoms. The van der Waals surface area contributed by atoms with Crippen molar-refractivity contribution in [2.75, 3.05) is 44.9 Å². The normalized spacial score (nSPS) is 17.1. The van der Waals surface area contributed by atoms with E-state index in [2.05, 4.69) is 4.57 Å². The third kappa shape index (κ3) is 4.81. The van der Waals surface area contributed by atoms with E-state index >= 15 is 0 Å². The van der Waals surface area contributed by atoms with Crippen LogP contribution in [0.25, 0.3) is 22.6 Å². The molecule has 0 N–H and O–H groups in total. The number of likely N-dealkylation sites (N-methyl/N-ethyl adjacent to an activating group) is 1. The summed E-state index contributed by atoms with van der Waals surface area (Å²) in [5.41, 5.74) is 4.87. The zero-order valence-electron chi connectivity index (χ0n) is 22.5. The van der Waals surface area contributed by atoms with Crippen molar-refractivity contribution in [1.29, 1.82) is 0 Å². The van der Waals surface area contributed by atoms with E-state index in [0.29, 0.717) is 56.3 Å². The van der Waals surface area contributed by atoms with E-state index in [0.717, 1.165) is 22.2 Å². The first-order valence-corrected chi connectivity index (χ1v) is 14.8. The molecule has 0 aliphatic carbocycles. The van der Waals surface area contributed by atoms with E-state index < -0.39 is 10.0 Å². The molecule has 1 saturated heterocycles. The van der Waals surface area contributed by atoms with Gasteiger partial charge in [-0.25, -0.2) is 8.42 Å². The number of anilines is 1. The summed E-state index contributed by atoms with van der Waals surface area (Å²) < 4.78 is 41.6. The Bertz CT molecular complexity index is 1720. The Kier molecular flexibility index (Phi) is 6.95. The summed E-state index contributed by atoms with van der Waals surface area (Å²) in [5.74, 6) is 0.652. The number of aromatic nitrogens is 1. The number of hydrogen-bond acceptors (Lipinski definition) is 5. The maximum Gasteiger partial charge on any atom is 0.258 e. The number of carbonyl (C=O) groups is 1. The molecule has 3 aromatic carbocycles. The van der Waals surface area contributed by atoms with E-state index in [9.17, 15) is 13.2 Å². The van der Waals surface area contributed by atoms with E-state index in [1.807, 2.05) is 67.7 Å². The van der Waals surface area contributed by atoms with Crippen LogP contribution in [0.1, 0.15) is 16.7 Å². The second-order valence-electron chi connectivity index (χ2n) is 10.1. The lowest BCUT2D eigenvalue weighted by Gasteiger charge is -2.26. The molecule has 0 saturated carbocycles. The van der Waals surface area contributed by atoms with Gasteiger partial charge in [0.25, 0.3) is 5.91 Å². The minimum atomic E-state index is -3.70. The average Bonchev–Trinajstić information content (AvgIpc) is 3.44. The largest absolute Gasteiger partial charge is 0.492 e. The third-order valence-corrected chi connectivity index (χ3v) is 9.40. The SMILES string of the molecule is Cc1ccc(OCCn2cc(C=C3C(=O)N(C)c4ccc(S(=O)(=O)N5CCOCC5)cc43)c3ccccc32)cc1. The number of rotatable bonds is 7. The molecule has 1 aromatic heterocycles. The summed E-state index contributed by atoms with van der Waals surface area (Å²) in [6.07, 6.45) is 3.89. The van der Waals surface area contributed by atoms with Crippen molar-refractivity contribution in [3.05, 3.63) is 89.6 Å². The molecular formula is C31H31N3O5S. The van der Waals surface area contributed by atoms with Gasteiger partial charge in [-0.1, -0.05) is 35.9 Å². The minimum Gasteiger partial charge on any atom is -0.492 e. The van der Waals surface area contributed by atoms with Crippen LogP contribution in [0.3, 0.4) is 0 Å². The van der Waals surface area contributed by atoms with Gasteiger partial charge in [0.05, 0.1) is 30.3 Å². The number of aryl methyl sites for hydroxylation is 1. The molecule has 2 aliphatic heterocycles. The van der Waals surface area contributed by atoms with Crippen LogP contribution in [0.15, 0.2) is 77.8 Å². The van der Waals surface area contributed by atoms with Gasteiger partial charge in [0.2, 0.25) is 10.0 Å². The number of nitrogens with zero attached hydrogens (tertiary/aromatic N) is 3. The molecule has 1 amide bonds. The van der Waals surface area contributed by atoms with Crippen LogP contribution in [-0.4, -0.2) is 63.2 Å². The van der Waals surface area contributed by atoms with Crippen molar-refractivity contribution in [3.8, 4) is 5.75 Å². The molecule has 3 heterocycles. The first kappa shape index (κ1) is 26.3. The zero-order chi connectivity index (χ0) is 27.9. The molecule has 0 spiro atoms. The van der Waals surface area contributed by atoms with Gasteiger partial charge < -0.3 is 18.9 Å². The number of hydrogen-bond donors (Lipinski definition) is 0. The van der Waals surface area contributed by atoms with Gasteiger partial charge >= 0.3 is 0 Å². The number of para-hydroxylation sites is 1. The van der Waals surface area contributed by atoms with Crippen LogP contribution >= 0.6 is 0 Å². The van der Waals surface area contributed by atoms with Crippen molar-refractivity contribution < 1.29 is 22.7 Å². The topological polar surface area (TPSA) is 81.1 Å². The second kappa shape index (κ2) is 10.6. The van der Waals surface area contributed by atoms with Crippen LogP contribution in [0.5, 0.6) is 5.75 Å². The predicted molar refractivity (Wildman–Crippen MR) is 156 cm³/mol. The summed E-state index contributed by atoms with van der Waals surface area (Å²) in [5, 5.41) is 1.01. The maximum atomic E-state index is 13.4. The monoisotopic (exact) mass is 557 g/mol. The van der Waals surface area contributed by atoms with Crippen molar-refractivity contribution >= 4 is 44.2 Å². The maximum absolute atomic E-state index is 13.4. The highest BCUT2D eigenvalue weighted by Crippen LogP contribution is 2.39. The molecular weight excluding hydrogens is 526 g/mol. The number of morpholine rings is 1. The van der Waals surface area contributed by atoms with E-state index in [1.54, 1.807) is 30.1 Å². The van der Waals surface area contributed by atoms with Gasteiger partial charge in [0.1, 0.15) is 12.4 Å². The summed E-state index contributed by atoms with van der Waals surface area (Å²) in [7, 11) is -1.99. The molecule has 4 aromatic rings. The van der Waals surface area contributed by atoms with E-state index in [4.69, 9.17) is 9.47 Å². The number of amides is 1. The number of ether oxygens (including phenoxy) is 2. The lowest BCUT2D eigenvalue weighted by Crippen LogP contribution is -2.40. The summed E-state index contributed by atoms with van der Waals surface area (Å²) in [4.78, 5) is 15.1. The highest BCUT2D eigenvalue weighted by Gasteiger charge is 2.33. The lowest BCUT2D eigenvalue weighted by atomic mass is 10.0. The Hall–Kier alpha value is -3.92. The van der Waals surface area contributed by atoms with Crippen LogP contribution in [0.2, 0.25) is 0 Å². The Morgan fingerprint density at radius 3 is 2.52 bits per heavy atom. The van der Waals surface area contributed by atoms with Crippen LogP contribution < -0.4 is 9.64 Å². The molecule has 206 valence electrons. The summed E-state index contributed by atoms with van der Waals surface area (Å²) in [6, 6.07) is 20.9. The molecule has 40 heavy (non-hydrogen) atoms. The van der Waals surface area contributed by atoms with Crippen LogP contribution in [-0.2, 0) is 26.1 Å². The van der Waals surface area contributed by atoms with Gasteiger partial charge in [-0.2, -0.15) is 4.31 Å². The Balaban J connectivity index is 1.34. The Morgan fingerprint density at radius 2 is 1.75 bits per heavy atom. The fourth-order valence-corrected chi connectivity index (χ4v) is 6.73. The Labute approximate surface area is 234 Å². The molecule has 0 radical (unpaired) electrons. The molecule has 1 fully saturated rings. The van der Waals surface area contributed by atoms with Crippen molar-refractivity contribution in [3.63, 3.8) is 0 Å². The minimum absolute atomic E-state index is 0.171. The standard InChI is InChI=1S/C31H31N3O5S/c1-22-7-9-24(10-8-22)39-18-13-33-21-23(26-5-3-4-6-30(26)33)19-28-27-20-25(11-12-29(27)32(2)31(28)35)40(36,37)34-14-16-38-17-15-34/h3-12,19-21H,13-18H2,1-2H3. The first-order valence-electron chi connectivity index (χ1n) is 13.3. The van der Waals surface area contributed by atoms with Gasteiger partial charge in [-0.3, -0.25) is 4.79 Å².